The summed E-state index contributed by atoms with van der Waals surface area (Å²) >= 11 is 0. The van der Waals surface area contributed by atoms with Crippen LogP contribution in [0.2, 0.25) is 0 Å². The number of hydrogen-bond donors (Lipinski definition) is 1. The van der Waals surface area contributed by atoms with Crippen molar-refractivity contribution in [3.05, 3.63) is 23.8 Å². The average Bonchev–Trinajstić information content (AvgIpc) is 2.90. The smallest absolute Gasteiger partial charge is 0.413 e. The summed E-state index contributed by atoms with van der Waals surface area (Å²) in [5.41, 5.74) is 1.52. The van der Waals surface area contributed by atoms with Crippen molar-refractivity contribution in [2.24, 2.45) is 4.99 Å². The van der Waals surface area contributed by atoms with E-state index in [9.17, 15) is 14.4 Å². The molecule has 2 amide bonds. The number of benzene rings is 1. The van der Waals surface area contributed by atoms with E-state index in [4.69, 9.17) is 14.2 Å². The SMILES string of the molecule is CCCOC(=O)NC1=Nc2ccc(OCCCC(=O)N(C)C3CCCCC3)cc2CN1CC(=O)OCC. The van der Waals surface area contributed by atoms with Gasteiger partial charge in [-0.05, 0) is 50.8 Å². The number of carbonyl (C=O) groups is 3. The molecular weight excluding hydrogens is 476 g/mol. The van der Waals surface area contributed by atoms with E-state index in [2.05, 4.69) is 10.3 Å². The number of rotatable bonds is 11. The molecule has 0 unspecified atom stereocenters. The summed E-state index contributed by atoms with van der Waals surface area (Å²) in [6, 6.07) is 5.87. The van der Waals surface area contributed by atoms with Crippen LogP contribution >= 0.6 is 0 Å². The second-order valence-electron chi connectivity index (χ2n) is 9.40. The molecule has 0 radical (unpaired) electrons. The number of fused-ring (bicyclic) bond motifs is 1. The van der Waals surface area contributed by atoms with Gasteiger partial charge in [-0.3, -0.25) is 14.9 Å². The molecule has 1 aliphatic heterocycles. The predicted octanol–water partition coefficient (Wildman–Crippen LogP) is 4.14. The minimum Gasteiger partial charge on any atom is -0.494 e. The van der Waals surface area contributed by atoms with E-state index in [1.165, 1.54) is 19.3 Å². The molecule has 1 fully saturated rings. The molecule has 0 bridgehead atoms. The lowest BCUT2D eigenvalue weighted by Gasteiger charge is -2.31. The Balaban J connectivity index is 1.57. The van der Waals surface area contributed by atoms with Crippen molar-refractivity contribution in [3.63, 3.8) is 0 Å². The van der Waals surface area contributed by atoms with Crippen LogP contribution in [0, 0.1) is 0 Å². The molecule has 0 saturated heterocycles. The third-order valence-electron chi connectivity index (χ3n) is 6.53. The van der Waals surface area contributed by atoms with Gasteiger partial charge in [-0.2, -0.15) is 0 Å². The second-order valence-corrected chi connectivity index (χ2v) is 9.40. The normalized spacial score (nSPS) is 15.3. The molecule has 0 spiro atoms. The van der Waals surface area contributed by atoms with Gasteiger partial charge in [0.1, 0.15) is 12.3 Å². The topological polar surface area (TPSA) is 110 Å². The van der Waals surface area contributed by atoms with E-state index >= 15 is 0 Å². The molecule has 10 heteroatoms. The van der Waals surface area contributed by atoms with Crippen LogP contribution in [-0.2, 0) is 25.6 Å². The van der Waals surface area contributed by atoms with Crippen molar-refractivity contribution in [1.82, 2.24) is 15.1 Å². The first-order chi connectivity index (χ1) is 17.9. The molecule has 2 aliphatic rings. The van der Waals surface area contributed by atoms with Crippen LogP contribution in [0.15, 0.2) is 23.2 Å². The molecular formula is C27H40N4O6. The van der Waals surface area contributed by atoms with E-state index in [1.54, 1.807) is 11.8 Å². The highest BCUT2D eigenvalue weighted by Crippen LogP contribution is 2.30. The molecule has 0 aromatic heterocycles. The fourth-order valence-electron chi connectivity index (χ4n) is 4.54. The lowest BCUT2D eigenvalue weighted by atomic mass is 9.94. The first kappa shape index (κ1) is 28.3. The fraction of sp³-hybridized carbons (Fsp3) is 0.630. The number of carbonyl (C=O) groups excluding carboxylic acids is 3. The number of hydrogen-bond acceptors (Lipinski definition) is 8. The monoisotopic (exact) mass is 516 g/mol. The van der Waals surface area contributed by atoms with E-state index in [1.807, 2.05) is 37.1 Å². The molecule has 3 rings (SSSR count). The summed E-state index contributed by atoms with van der Waals surface area (Å²) in [5, 5.41) is 2.63. The van der Waals surface area contributed by atoms with Crippen LogP contribution in [0.1, 0.15) is 70.8 Å². The average molecular weight is 517 g/mol. The Hall–Kier alpha value is -3.30. The van der Waals surface area contributed by atoms with Gasteiger partial charge < -0.3 is 24.0 Å². The lowest BCUT2D eigenvalue weighted by molar-refractivity contribution is -0.143. The summed E-state index contributed by atoms with van der Waals surface area (Å²) in [6.07, 6.45) is 7.03. The van der Waals surface area contributed by atoms with E-state index in [0.717, 1.165) is 18.4 Å². The molecule has 37 heavy (non-hydrogen) atoms. The third-order valence-corrected chi connectivity index (χ3v) is 6.53. The first-order valence-electron chi connectivity index (χ1n) is 13.4. The minimum atomic E-state index is -0.624. The van der Waals surface area contributed by atoms with Crippen molar-refractivity contribution < 1.29 is 28.6 Å². The van der Waals surface area contributed by atoms with Gasteiger partial charge in [0.15, 0.2) is 0 Å². The Bertz CT molecular complexity index is 960. The van der Waals surface area contributed by atoms with Crippen molar-refractivity contribution >= 4 is 29.6 Å². The highest BCUT2D eigenvalue weighted by molar-refractivity contribution is 5.97. The molecule has 1 aromatic carbocycles. The maximum Gasteiger partial charge on any atom is 0.413 e. The minimum absolute atomic E-state index is 0.0676. The van der Waals surface area contributed by atoms with Crippen molar-refractivity contribution in [2.75, 3.05) is 33.4 Å². The molecule has 204 valence electrons. The lowest BCUT2D eigenvalue weighted by Crippen LogP contribution is -2.47. The van der Waals surface area contributed by atoms with Crippen molar-refractivity contribution in [1.29, 1.82) is 0 Å². The Morgan fingerprint density at radius 1 is 1.11 bits per heavy atom. The van der Waals surface area contributed by atoms with Crippen LogP contribution in [0.3, 0.4) is 0 Å². The second kappa shape index (κ2) is 14.4. The van der Waals surface area contributed by atoms with Crippen molar-refractivity contribution in [2.45, 2.75) is 77.8 Å². The molecule has 0 atom stereocenters. The van der Waals surface area contributed by atoms with Gasteiger partial charge in [-0.1, -0.05) is 26.2 Å². The number of ether oxygens (including phenoxy) is 3. The van der Waals surface area contributed by atoms with Crippen LogP contribution in [0.4, 0.5) is 10.5 Å². The van der Waals surface area contributed by atoms with E-state index in [0.29, 0.717) is 49.9 Å². The number of alkyl carbamates (subject to hydrolysis) is 1. The Morgan fingerprint density at radius 3 is 2.62 bits per heavy atom. The third kappa shape index (κ3) is 8.65. The molecule has 1 aliphatic carbocycles. The van der Waals surface area contributed by atoms with Gasteiger partial charge in [0.2, 0.25) is 11.9 Å². The predicted molar refractivity (Wildman–Crippen MR) is 140 cm³/mol. The number of nitrogens with zero attached hydrogens (tertiary/aromatic N) is 3. The summed E-state index contributed by atoms with van der Waals surface area (Å²) in [7, 11) is 1.91. The van der Waals surface area contributed by atoms with Gasteiger partial charge >= 0.3 is 12.1 Å². The molecule has 1 saturated carbocycles. The quantitative estimate of drug-likeness (QED) is 0.348. The molecule has 1 N–H and O–H groups in total. The largest absolute Gasteiger partial charge is 0.494 e. The Labute approximate surface area is 219 Å². The summed E-state index contributed by atoms with van der Waals surface area (Å²) in [6.45, 7) is 4.89. The van der Waals surface area contributed by atoms with E-state index in [-0.39, 0.29) is 31.6 Å². The van der Waals surface area contributed by atoms with Gasteiger partial charge in [0.25, 0.3) is 0 Å². The molecule has 10 nitrogen and oxygen atoms in total. The summed E-state index contributed by atoms with van der Waals surface area (Å²) in [4.78, 5) is 44.9. The Morgan fingerprint density at radius 2 is 1.89 bits per heavy atom. The first-order valence-corrected chi connectivity index (χ1v) is 13.4. The van der Waals surface area contributed by atoms with Crippen LogP contribution < -0.4 is 10.1 Å². The number of guanidine groups is 1. The number of aliphatic imine (C=N–C) groups is 1. The van der Waals surface area contributed by atoms with Gasteiger partial charge in [-0.25, -0.2) is 9.79 Å². The zero-order chi connectivity index (χ0) is 26.6. The van der Waals surface area contributed by atoms with E-state index < -0.39 is 12.1 Å². The van der Waals surface area contributed by atoms with Gasteiger partial charge in [-0.15, -0.1) is 0 Å². The highest BCUT2D eigenvalue weighted by Gasteiger charge is 2.25. The number of amides is 2. The van der Waals surface area contributed by atoms with Crippen LogP contribution in [0.5, 0.6) is 5.75 Å². The van der Waals surface area contributed by atoms with Gasteiger partial charge in [0, 0.05) is 31.6 Å². The molecule has 1 aromatic rings. The fourth-order valence-corrected chi connectivity index (χ4v) is 4.54. The summed E-state index contributed by atoms with van der Waals surface area (Å²) < 4.78 is 16.1. The van der Waals surface area contributed by atoms with Crippen molar-refractivity contribution in [3.8, 4) is 5.75 Å². The number of esters is 1. The van der Waals surface area contributed by atoms with Crippen LogP contribution in [-0.4, -0.2) is 73.2 Å². The standard InChI is InChI=1S/C27H40N4O6/c1-4-15-37-27(34)29-26-28-23-14-13-22(17-20(23)18-31(26)19-25(33)35-5-2)36-16-9-12-24(32)30(3)21-10-7-6-8-11-21/h13-14,17,21H,4-12,15-16,18-19H2,1-3H3,(H,28,29,34). The Kier molecular flexibility index (Phi) is 11.0. The number of nitrogens with one attached hydrogen (secondary N) is 1. The maximum atomic E-state index is 12.6. The maximum absolute atomic E-state index is 12.6. The zero-order valence-corrected chi connectivity index (χ0v) is 22.3. The van der Waals surface area contributed by atoms with Crippen LogP contribution in [0.25, 0.3) is 0 Å². The highest BCUT2D eigenvalue weighted by atomic mass is 16.5. The molecule has 1 heterocycles. The zero-order valence-electron chi connectivity index (χ0n) is 22.3. The van der Waals surface area contributed by atoms with Gasteiger partial charge in [0.05, 0.1) is 25.5 Å². The summed E-state index contributed by atoms with van der Waals surface area (Å²) in [5.74, 6) is 0.646.